The third-order valence-electron chi connectivity index (χ3n) is 7.73. The molecule has 316 valence electrons. The highest BCUT2D eigenvalue weighted by molar-refractivity contribution is 8.13. The number of carbonyl (C=O) groups is 4. The molecule has 0 bridgehead atoms. The minimum atomic E-state index is -5.58. The van der Waals surface area contributed by atoms with Crippen LogP contribution in [0.3, 0.4) is 0 Å². The van der Waals surface area contributed by atoms with E-state index in [0.29, 0.717) is 0 Å². The Kier molecular flexibility index (Phi) is 16.8. The first-order valence-electron chi connectivity index (χ1n) is 16.4. The Hall–Kier alpha value is -2.77. The number of nitrogen functional groups attached to an aromatic ring is 1. The molecule has 0 aromatic carbocycles. The predicted molar refractivity (Wildman–Crippen MR) is 192 cm³/mol. The van der Waals surface area contributed by atoms with E-state index >= 15 is 0 Å². The van der Waals surface area contributed by atoms with Crippen LogP contribution in [-0.4, -0.2) is 128 Å². The molecule has 56 heavy (non-hydrogen) atoms. The van der Waals surface area contributed by atoms with Crippen molar-refractivity contribution in [3.8, 4) is 0 Å². The number of anilines is 1. The fourth-order valence-corrected chi connectivity index (χ4v) is 8.20. The quantitative estimate of drug-likeness (QED) is 0.0400. The molecule has 0 aliphatic carbocycles. The Balaban J connectivity index is 1.48. The smallest absolute Gasteiger partial charge is 0.386 e. The molecule has 3 heterocycles. The standard InChI is InChI=1S/C27H44N7O18P3S/c1-14(2)15(35)9-18(37)56-8-7-29-17(36)5-6-30-25(40)22(39)27(3,4)11-49-55(46,47)52-54(44,45)48-10-16-21(51-53(41,42)43)20(38)26(50-16)34-13-33-19-23(28)31-12-32-24(19)34/h12-14,16,20-22,26,38-39H,5-11H2,1-4H3,(H,29,36)(H,30,40)(H,44,45)(H,46,47)(H2,28,31,32)(H2,41,42,43)/t16-,20+,21+,22-,26-/m0/s1. The van der Waals surface area contributed by atoms with E-state index in [1.807, 2.05) is 0 Å². The van der Waals surface area contributed by atoms with Crippen LogP contribution in [0.4, 0.5) is 5.82 Å². The summed E-state index contributed by atoms with van der Waals surface area (Å²) >= 11 is 0.895. The number of phosphoric acid groups is 3. The number of Topliss-reactive ketones (excluding diaryl/α,β-unsaturated/α-hetero) is 1. The molecule has 2 aromatic heterocycles. The molecule has 0 radical (unpaired) electrons. The number of carbonyl (C=O) groups excluding carboxylic acids is 4. The molecule has 1 aliphatic heterocycles. The topological polar surface area (TPSA) is 381 Å². The van der Waals surface area contributed by atoms with Gasteiger partial charge in [-0.1, -0.05) is 39.5 Å². The van der Waals surface area contributed by atoms with Crippen LogP contribution in [0.15, 0.2) is 12.7 Å². The number of aliphatic hydroxyl groups is 2. The number of ether oxygens (including phenoxy) is 1. The second-order valence-corrected chi connectivity index (χ2v) is 18.5. The number of nitrogens with zero attached hydrogens (tertiary/aromatic N) is 4. The van der Waals surface area contributed by atoms with Gasteiger partial charge in [-0.25, -0.2) is 28.6 Å². The van der Waals surface area contributed by atoms with Gasteiger partial charge in [-0.05, 0) is 0 Å². The van der Waals surface area contributed by atoms with Crippen LogP contribution < -0.4 is 16.4 Å². The van der Waals surface area contributed by atoms with Crippen molar-refractivity contribution in [2.24, 2.45) is 11.3 Å². The average Bonchev–Trinajstić information content (AvgIpc) is 3.64. The molecular weight excluding hydrogens is 835 g/mol. The highest BCUT2D eigenvalue weighted by atomic mass is 32.2. The molecule has 25 nitrogen and oxygen atoms in total. The van der Waals surface area contributed by atoms with Gasteiger partial charge in [-0.3, -0.25) is 37.3 Å². The molecule has 0 saturated carbocycles. The Morgan fingerprint density at radius 3 is 2.34 bits per heavy atom. The first-order chi connectivity index (χ1) is 25.8. The molecule has 29 heteroatoms. The summed E-state index contributed by atoms with van der Waals surface area (Å²) in [6, 6.07) is 0. The number of hydrogen-bond donors (Lipinski definition) is 9. The zero-order chi connectivity index (χ0) is 42.2. The molecule has 0 spiro atoms. The van der Waals surface area contributed by atoms with Gasteiger partial charge in [0.1, 0.15) is 42.0 Å². The predicted octanol–water partition coefficient (Wildman–Crippen LogP) is -0.720. The number of ketones is 1. The van der Waals surface area contributed by atoms with Gasteiger partial charge >= 0.3 is 23.5 Å². The fourth-order valence-electron chi connectivity index (χ4n) is 4.69. The van der Waals surface area contributed by atoms with E-state index in [1.54, 1.807) is 13.8 Å². The van der Waals surface area contributed by atoms with E-state index in [0.717, 1.165) is 29.0 Å². The molecule has 3 rings (SSSR count). The van der Waals surface area contributed by atoms with E-state index < -0.39 is 84.6 Å². The minimum absolute atomic E-state index is 0.0241. The van der Waals surface area contributed by atoms with Gasteiger partial charge in [0, 0.05) is 36.6 Å². The summed E-state index contributed by atoms with van der Waals surface area (Å²) in [5.74, 6) is -1.78. The van der Waals surface area contributed by atoms with Gasteiger partial charge in [-0.15, -0.1) is 0 Å². The first-order valence-corrected chi connectivity index (χ1v) is 21.9. The zero-order valence-corrected chi connectivity index (χ0v) is 33.8. The van der Waals surface area contributed by atoms with Crippen LogP contribution in [0.25, 0.3) is 11.2 Å². The minimum Gasteiger partial charge on any atom is -0.386 e. The average molecular weight is 880 g/mol. The second kappa shape index (κ2) is 19.8. The normalized spacial score (nSPS) is 21.7. The maximum Gasteiger partial charge on any atom is 0.481 e. The van der Waals surface area contributed by atoms with Gasteiger partial charge in [0.15, 0.2) is 22.8 Å². The molecule has 2 amide bonds. The maximum absolute atomic E-state index is 12.7. The lowest BCUT2D eigenvalue weighted by molar-refractivity contribution is -0.137. The summed E-state index contributed by atoms with van der Waals surface area (Å²) in [5, 5.41) is 25.9. The van der Waals surface area contributed by atoms with Crippen molar-refractivity contribution < 1.29 is 85.3 Å². The number of imidazole rings is 1. The highest BCUT2D eigenvalue weighted by Crippen LogP contribution is 2.61. The molecule has 1 saturated heterocycles. The molecule has 1 aliphatic rings. The second-order valence-electron chi connectivity index (χ2n) is 13.1. The lowest BCUT2D eigenvalue weighted by Crippen LogP contribution is -2.46. The van der Waals surface area contributed by atoms with E-state index in [1.165, 1.54) is 13.8 Å². The summed E-state index contributed by atoms with van der Waals surface area (Å²) in [7, 11) is -16.4. The fraction of sp³-hybridized carbons (Fsp3) is 0.667. The lowest BCUT2D eigenvalue weighted by Gasteiger charge is -2.30. The number of amides is 2. The van der Waals surface area contributed by atoms with E-state index in [4.69, 9.17) is 19.5 Å². The SMILES string of the molecule is CC(C)C(=O)CC(=O)SCCNC(=O)CCNC(=O)[C@H](O)C(C)(C)COP(=O)(O)OP(=O)(O)OC[C@@H]1O[C@H](n2cnc3c(N)ncnc32)[C@H](O)[C@@H]1OP(=O)(O)O. The van der Waals surface area contributed by atoms with Crippen LogP contribution in [0, 0.1) is 11.3 Å². The molecular formula is C27H44N7O18P3S. The van der Waals surface area contributed by atoms with E-state index in [-0.39, 0.29) is 65.5 Å². The Bertz CT molecular complexity index is 1880. The number of fused-ring (bicyclic) bond motifs is 1. The summed E-state index contributed by atoms with van der Waals surface area (Å²) in [5.41, 5.74) is 4.22. The maximum atomic E-state index is 12.7. The van der Waals surface area contributed by atoms with Gasteiger partial charge in [0.2, 0.25) is 11.8 Å². The number of phosphoric ester groups is 3. The van der Waals surface area contributed by atoms with Crippen LogP contribution in [0.1, 0.15) is 46.8 Å². The Labute approximate surface area is 322 Å². The lowest BCUT2D eigenvalue weighted by atomic mass is 9.87. The first kappa shape index (κ1) is 47.6. The largest absolute Gasteiger partial charge is 0.481 e. The van der Waals surface area contributed by atoms with Crippen molar-refractivity contribution in [1.29, 1.82) is 0 Å². The molecule has 2 aromatic rings. The number of hydrogen-bond acceptors (Lipinski definition) is 19. The number of aliphatic hydroxyl groups excluding tert-OH is 2. The number of rotatable bonds is 22. The molecule has 2 unspecified atom stereocenters. The van der Waals surface area contributed by atoms with Crippen molar-refractivity contribution in [1.82, 2.24) is 30.2 Å². The third-order valence-corrected chi connectivity index (χ3v) is 11.7. The highest BCUT2D eigenvalue weighted by Gasteiger charge is 2.50. The van der Waals surface area contributed by atoms with Crippen molar-refractivity contribution >= 4 is 74.9 Å². The molecule has 10 N–H and O–H groups in total. The van der Waals surface area contributed by atoms with Gasteiger partial charge < -0.3 is 50.9 Å². The third kappa shape index (κ3) is 14.3. The van der Waals surface area contributed by atoms with Crippen molar-refractivity contribution in [2.75, 3.05) is 37.8 Å². The Morgan fingerprint density at radius 1 is 1.04 bits per heavy atom. The summed E-state index contributed by atoms with van der Waals surface area (Å²) in [6.07, 6.45) is -7.23. The van der Waals surface area contributed by atoms with Crippen molar-refractivity contribution in [3.05, 3.63) is 12.7 Å². The van der Waals surface area contributed by atoms with Crippen LogP contribution in [0.2, 0.25) is 0 Å². The van der Waals surface area contributed by atoms with Gasteiger partial charge in [0.05, 0.1) is 26.0 Å². The van der Waals surface area contributed by atoms with Gasteiger partial charge in [0.25, 0.3) is 0 Å². The van der Waals surface area contributed by atoms with Crippen LogP contribution >= 0.6 is 35.2 Å². The number of nitrogens with one attached hydrogen (secondary N) is 2. The number of thioether (sulfide) groups is 1. The Morgan fingerprint density at radius 2 is 1.70 bits per heavy atom. The van der Waals surface area contributed by atoms with Crippen molar-refractivity contribution in [3.63, 3.8) is 0 Å². The summed E-state index contributed by atoms with van der Waals surface area (Å²) in [6.45, 7) is 3.66. The van der Waals surface area contributed by atoms with E-state index in [9.17, 15) is 62.7 Å². The number of nitrogens with two attached hydrogens (primary N) is 1. The van der Waals surface area contributed by atoms with Gasteiger partial charge in [-0.2, -0.15) is 4.31 Å². The summed E-state index contributed by atoms with van der Waals surface area (Å²) < 4.78 is 62.0. The zero-order valence-electron chi connectivity index (χ0n) is 30.3. The molecule has 7 atom stereocenters. The number of aromatic nitrogens is 4. The van der Waals surface area contributed by atoms with Crippen LogP contribution in [0.5, 0.6) is 0 Å². The summed E-state index contributed by atoms with van der Waals surface area (Å²) in [4.78, 5) is 98.9. The molecule has 1 fully saturated rings. The monoisotopic (exact) mass is 879 g/mol. The van der Waals surface area contributed by atoms with E-state index in [2.05, 4.69) is 34.4 Å². The van der Waals surface area contributed by atoms with Crippen LogP contribution in [-0.2, 0) is 55.5 Å². The van der Waals surface area contributed by atoms with Crippen molar-refractivity contribution in [2.45, 2.75) is 71.2 Å².